The Morgan fingerprint density at radius 2 is 2.00 bits per heavy atom. The molecule has 0 unspecified atom stereocenters. The zero-order chi connectivity index (χ0) is 20.2. The van der Waals surface area contributed by atoms with Crippen LogP contribution in [-0.2, 0) is 24.4 Å². The van der Waals surface area contributed by atoms with Crippen LogP contribution in [-0.4, -0.2) is 33.5 Å². The highest BCUT2D eigenvalue weighted by atomic mass is 16.5. The Kier molecular flexibility index (Phi) is 5.29. The molecule has 1 aliphatic heterocycles. The third kappa shape index (κ3) is 4.29. The van der Waals surface area contributed by atoms with Crippen LogP contribution in [0.5, 0.6) is 5.75 Å². The van der Waals surface area contributed by atoms with Gasteiger partial charge in [0.25, 0.3) is 5.91 Å². The van der Waals surface area contributed by atoms with Gasteiger partial charge in [0.2, 0.25) is 5.91 Å². The van der Waals surface area contributed by atoms with E-state index in [9.17, 15) is 9.59 Å². The number of carbonyl (C=O) groups is 2. The van der Waals surface area contributed by atoms with E-state index in [1.807, 2.05) is 30.3 Å². The molecule has 7 nitrogen and oxygen atoms in total. The quantitative estimate of drug-likeness (QED) is 0.701. The second-order valence-electron chi connectivity index (χ2n) is 6.97. The molecule has 3 aromatic rings. The fraction of sp³-hybridized carbons (Fsp3) is 0.227. The summed E-state index contributed by atoms with van der Waals surface area (Å²) in [7, 11) is 0. The van der Waals surface area contributed by atoms with Crippen molar-refractivity contribution in [2.75, 3.05) is 11.9 Å². The normalized spacial score (nSPS) is 12.9. The van der Waals surface area contributed by atoms with E-state index in [2.05, 4.69) is 15.5 Å². The van der Waals surface area contributed by atoms with E-state index >= 15 is 0 Å². The first-order valence-corrected chi connectivity index (χ1v) is 9.50. The molecule has 0 spiro atoms. The van der Waals surface area contributed by atoms with Crippen LogP contribution in [0.15, 0.2) is 54.6 Å². The van der Waals surface area contributed by atoms with Crippen molar-refractivity contribution >= 4 is 17.5 Å². The molecule has 2 aromatic carbocycles. The highest BCUT2D eigenvalue weighted by Gasteiger charge is 2.26. The maximum Gasteiger partial charge on any atom is 0.254 e. The van der Waals surface area contributed by atoms with E-state index in [1.54, 1.807) is 29.2 Å². The lowest BCUT2D eigenvalue weighted by molar-refractivity contribution is -0.114. The van der Waals surface area contributed by atoms with Gasteiger partial charge in [0.15, 0.2) is 0 Å². The first-order chi connectivity index (χ1) is 14.1. The van der Waals surface area contributed by atoms with Gasteiger partial charge in [-0.05, 0) is 30.3 Å². The summed E-state index contributed by atoms with van der Waals surface area (Å²) in [5.41, 5.74) is 4.03. The fourth-order valence-corrected chi connectivity index (χ4v) is 3.43. The Hall–Kier alpha value is -3.61. The maximum atomic E-state index is 13.0. The van der Waals surface area contributed by atoms with Crippen LogP contribution in [0.1, 0.15) is 34.2 Å². The largest absolute Gasteiger partial charge is 0.487 e. The van der Waals surface area contributed by atoms with Gasteiger partial charge in [-0.1, -0.05) is 24.3 Å². The van der Waals surface area contributed by atoms with Gasteiger partial charge < -0.3 is 15.0 Å². The summed E-state index contributed by atoms with van der Waals surface area (Å²) in [5.74, 6) is 0.542. The summed E-state index contributed by atoms with van der Waals surface area (Å²) in [6, 6.07) is 16.6. The van der Waals surface area contributed by atoms with Crippen molar-refractivity contribution in [2.45, 2.75) is 26.5 Å². The second-order valence-corrected chi connectivity index (χ2v) is 6.97. The molecule has 29 heavy (non-hydrogen) atoms. The summed E-state index contributed by atoms with van der Waals surface area (Å²) in [4.78, 5) is 26.1. The number of ether oxygens (including phenoxy) is 1. The minimum atomic E-state index is -0.168. The van der Waals surface area contributed by atoms with Crippen LogP contribution >= 0.6 is 0 Å². The van der Waals surface area contributed by atoms with Crippen molar-refractivity contribution in [2.24, 2.45) is 0 Å². The molecular weight excluding hydrogens is 368 g/mol. The van der Waals surface area contributed by atoms with Crippen LogP contribution < -0.4 is 10.1 Å². The van der Waals surface area contributed by atoms with E-state index in [4.69, 9.17) is 4.74 Å². The maximum absolute atomic E-state index is 13.0. The number of benzene rings is 2. The topological polar surface area (TPSA) is 87.3 Å². The molecule has 0 aliphatic carbocycles. The zero-order valence-electron chi connectivity index (χ0n) is 16.1. The Balaban J connectivity index is 1.47. The molecule has 0 radical (unpaired) electrons. The molecule has 2 heterocycles. The number of hydrogen-bond acceptors (Lipinski definition) is 4. The summed E-state index contributed by atoms with van der Waals surface area (Å²) < 4.78 is 5.82. The summed E-state index contributed by atoms with van der Waals surface area (Å²) in [5, 5.41) is 10.2. The Morgan fingerprint density at radius 3 is 2.79 bits per heavy atom. The lowest BCUT2D eigenvalue weighted by atomic mass is 10.0. The van der Waals surface area contributed by atoms with E-state index < -0.39 is 0 Å². The molecule has 1 aliphatic rings. The summed E-state index contributed by atoms with van der Waals surface area (Å²) >= 11 is 0. The van der Waals surface area contributed by atoms with Crippen molar-refractivity contribution in [1.82, 2.24) is 15.1 Å². The fourth-order valence-electron chi connectivity index (χ4n) is 3.43. The molecule has 0 saturated heterocycles. The minimum Gasteiger partial charge on any atom is -0.487 e. The Labute approximate surface area is 168 Å². The predicted octanol–water partition coefficient (Wildman–Crippen LogP) is 3.15. The van der Waals surface area contributed by atoms with Crippen LogP contribution in [0.25, 0.3) is 0 Å². The van der Waals surface area contributed by atoms with Crippen LogP contribution in [0, 0.1) is 0 Å². The van der Waals surface area contributed by atoms with Crippen molar-refractivity contribution in [1.29, 1.82) is 0 Å². The van der Waals surface area contributed by atoms with Crippen molar-refractivity contribution in [3.8, 4) is 5.75 Å². The van der Waals surface area contributed by atoms with Gasteiger partial charge >= 0.3 is 0 Å². The highest BCUT2D eigenvalue weighted by Crippen LogP contribution is 2.24. The van der Waals surface area contributed by atoms with Gasteiger partial charge in [0, 0.05) is 48.9 Å². The van der Waals surface area contributed by atoms with Crippen LogP contribution in [0.3, 0.4) is 0 Å². The molecular formula is C22H22N4O3. The molecule has 0 atom stereocenters. The molecule has 4 rings (SSSR count). The van der Waals surface area contributed by atoms with Gasteiger partial charge in [-0.15, -0.1) is 0 Å². The summed E-state index contributed by atoms with van der Waals surface area (Å²) in [6.45, 7) is 2.87. The molecule has 2 N–H and O–H groups in total. The van der Waals surface area contributed by atoms with Gasteiger partial charge in [0.1, 0.15) is 18.1 Å². The number of aromatic nitrogens is 2. The van der Waals surface area contributed by atoms with E-state index in [1.165, 1.54) is 6.92 Å². The second kappa shape index (κ2) is 8.18. The number of nitrogens with one attached hydrogen (secondary N) is 2. The number of para-hydroxylation sites is 1. The first-order valence-electron chi connectivity index (χ1n) is 9.50. The van der Waals surface area contributed by atoms with Crippen molar-refractivity contribution in [3.63, 3.8) is 0 Å². The number of nitrogens with zero attached hydrogens (tertiary/aromatic N) is 2. The molecule has 0 fully saturated rings. The Bertz CT molecular complexity index is 1030. The van der Waals surface area contributed by atoms with Gasteiger partial charge in [-0.2, -0.15) is 5.10 Å². The molecule has 0 bridgehead atoms. The lowest BCUT2D eigenvalue weighted by Crippen LogP contribution is -2.36. The number of fused-ring (bicyclic) bond motifs is 1. The van der Waals surface area contributed by atoms with Gasteiger partial charge in [-0.25, -0.2) is 0 Å². The molecule has 148 valence electrons. The van der Waals surface area contributed by atoms with Crippen molar-refractivity contribution in [3.05, 3.63) is 77.1 Å². The van der Waals surface area contributed by atoms with Crippen LogP contribution in [0.2, 0.25) is 0 Å². The monoisotopic (exact) mass is 390 g/mol. The number of rotatable bonds is 5. The number of carbonyl (C=O) groups excluding carboxylic acids is 2. The smallest absolute Gasteiger partial charge is 0.254 e. The van der Waals surface area contributed by atoms with Crippen molar-refractivity contribution < 1.29 is 14.3 Å². The number of aromatic amines is 1. The third-order valence-corrected chi connectivity index (χ3v) is 4.86. The standard InChI is InChI=1S/C22H22N4O3/c1-15(27)23-17-7-5-6-16(12-17)22(28)26-11-10-20-19(13-26)21(25-24-20)14-29-18-8-3-2-4-9-18/h2-9,12H,10-11,13-14H2,1H3,(H,23,27)(H,24,25). The molecule has 2 amide bonds. The van der Waals surface area contributed by atoms with E-state index in [-0.39, 0.29) is 11.8 Å². The SMILES string of the molecule is CC(=O)Nc1cccc(C(=O)N2CCc3[nH]nc(COc4ccccc4)c3C2)c1. The molecule has 7 heteroatoms. The first kappa shape index (κ1) is 18.7. The average molecular weight is 390 g/mol. The summed E-state index contributed by atoms with van der Waals surface area (Å²) in [6.07, 6.45) is 0.713. The highest BCUT2D eigenvalue weighted by molar-refractivity contribution is 5.96. The van der Waals surface area contributed by atoms with E-state index in [0.717, 1.165) is 22.7 Å². The number of amides is 2. The Morgan fingerprint density at radius 1 is 1.17 bits per heavy atom. The van der Waals surface area contributed by atoms with E-state index in [0.29, 0.717) is 37.4 Å². The predicted molar refractivity (Wildman–Crippen MR) is 109 cm³/mol. The number of H-pyrrole nitrogens is 1. The van der Waals surface area contributed by atoms with Gasteiger partial charge in [-0.3, -0.25) is 14.7 Å². The molecule has 0 saturated carbocycles. The lowest BCUT2D eigenvalue weighted by Gasteiger charge is -2.27. The zero-order valence-corrected chi connectivity index (χ0v) is 16.1. The third-order valence-electron chi connectivity index (χ3n) is 4.86. The number of hydrogen-bond donors (Lipinski definition) is 2. The molecule has 1 aromatic heterocycles. The number of anilines is 1. The average Bonchev–Trinajstić information content (AvgIpc) is 3.14. The minimum absolute atomic E-state index is 0.0704. The van der Waals surface area contributed by atoms with Crippen LogP contribution in [0.4, 0.5) is 5.69 Å². The van der Waals surface area contributed by atoms with Gasteiger partial charge in [0.05, 0.1) is 0 Å².